The number of urea groups is 1. The van der Waals surface area contributed by atoms with Crippen LogP contribution in [0.25, 0.3) is 0 Å². The Labute approximate surface area is 138 Å². The first kappa shape index (κ1) is 16.3. The van der Waals surface area contributed by atoms with E-state index in [0.29, 0.717) is 5.92 Å². The molecule has 1 N–H and O–H groups in total. The van der Waals surface area contributed by atoms with Gasteiger partial charge in [-0.3, -0.25) is 0 Å². The third kappa shape index (κ3) is 3.22. The molecule has 0 unspecified atom stereocenters. The molecule has 6 heteroatoms. The van der Waals surface area contributed by atoms with Gasteiger partial charge in [-0.05, 0) is 38.2 Å². The summed E-state index contributed by atoms with van der Waals surface area (Å²) in [7, 11) is -3.06. The smallest absolute Gasteiger partial charge is 0.317 e. The summed E-state index contributed by atoms with van der Waals surface area (Å²) in [6.07, 6.45) is 1.90. The molecule has 126 valence electrons. The zero-order chi connectivity index (χ0) is 16.6. The first-order valence-electron chi connectivity index (χ1n) is 8.22. The van der Waals surface area contributed by atoms with E-state index >= 15 is 0 Å². The van der Waals surface area contributed by atoms with Crippen LogP contribution in [0.5, 0.6) is 0 Å². The Hall–Kier alpha value is -1.56. The van der Waals surface area contributed by atoms with Crippen molar-refractivity contribution >= 4 is 15.9 Å². The minimum atomic E-state index is -3.06. The van der Waals surface area contributed by atoms with Gasteiger partial charge in [0.25, 0.3) is 0 Å². The van der Waals surface area contributed by atoms with Crippen molar-refractivity contribution in [3.8, 4) is 0 Å². The van der Waals surface area contributed by atoms with Gasteiger partial charge in [0.05, 0.1) is 11.0 Å². The molecule has 1 aromatic rings. The second-order valence-electron chi connectivity index (χ2n) is 6.73. The van der Waals surface area contributed by atoms with Gasteiger partial charge in [0.1, 0.15) is 0 Å². The molecule has 1 aliphatic heterocycles. The number of nitrogens with one attached hydrogen (secondary N) is 1. The lowest BCUT2D eigenvalue weighted by molar-refractivity contribution is 0.165. The zero-order valence-corrected chi connectivity index (χ0v) is 14.4. The molecule has 2 aliphatic rings. The molecule has 0 spiro atoms. The van der Waals surface area contributed by atoms with Crippen LogP contribution >= 0.6 is 0 Å². The van der Waals surface area contributed by atoms with Gasteiger partial charge in [0.15, 0.2) is 9.84 Å². The number of rotatable bonds is 2. The standard InChI is InChI=1S/C17H24N2O3S/c1-12-13(2)23(21,22)9-8-19(12)17(20)18-16-10-15(11-16)14-6-4-3-5-7-14/h3-7,12-13,15-16H,8-11H2,1-2H3,(H,18,20)/t12-,13-,15?,16?/m1/s1. The highest BCUT2D eigenvalue weighted by Crippen LogP contribution is 2.36. The molecule has 1 heterocycles. The molecule has 0 bridgehead atoms. The van der Waals surface area contributed by atoms with Crippen molar-refractivity contribution in [3.05, 3.63) is 35.9 Å². The predicted octanol–water partition coefficient (Wildman–Crippen LogP) is 2.15. The summed E-state index contributed by atoms with van der Waals surface area (Å²) >= 11 is 0. The maximum atomic E-state index is 12.4. The lowest BCUT2D eigenvalue weighted by atomic mass is 9.76. The fourth-order valence-electron chi connectivity index (χ4n) is 3.45. The molecule has 1 saturated carbocycles. The number of amides is 2. The third-order valence-corrected chi connectivity index (χ3v) is 7.63. The largest absolute Gasteiger partial charge is 0.335 e. The van der Waals surface area contributed by atoms with Crippen LogP contribution in [0.15, 0.2) is 30.3 Å². The molecule has 2 amide bonds. The fraction of sp³-hybridized carbons (Fsp3) is 0.588. The molecular weight excluding hydrogens is 312 g/mol. The number of benzene rings is 1. The van der Waals surface area contributed by atoms with Crippen LogP contribution in [0.1, 0.15) is 38.2 Å². The number of carbonyl (C=O) groups excluding carboxylic acids is 1. The molecule has 2 fully saturated rings. The van der Waals surface area contributed by atoms with Crippen molar-refractivity contribution in [1.29, 1.82) is 0 Å². The number of hydrogen-bond acceptors (Lipinski definition) is 3. The van der Waals surface area contributed by atoms with Crippen LogP contribution < -0.4 is 5.32 Å². The first-order valence-corrected chi connectivity index (χ1v) is 9.93. The van der Waals surface area contributed by atoms with E-state index in [-0.39, 0.29) is 30.4 Å². The monoisotopic (exact) mass is 336 g/mol. The number of sulfone groups is 1. The van der Waals surface area contributed by atoms with Crippen molar-refractivity contribution in [2.24, 2.45) is 0 Å². The minimum Gasteiger partial charge on any atom is -0.335 e. The number of hydrogen-bond donors (Lipinski definition) is 1. The van der Waals surface area contributed by atoms with E-state index in [1.807, 2.05) is 25.1 Å². The van der Waals surface area contributed by atoms with Crippen molar-refractivity contribution in [3.63, 3.8) is 0 Å². The van der Waals surface area contributed by atoms with Crippen LogP contribution in [-0.4, -0.2) is 49.0 Å². The van der Waals surface area contributed by atoms with E-state index in [1.165, 1.54) is 5.56 Å². The van der Waals surface area contributed by atoms with Crippen molar-refractivity contribution in [1.82, 2.24) is 10.2 Å². The highest BCUT2D eigenvalue weighted by molar-refractivity contribution is 7.92. The van der Waals surface area contributed by atoms with E-state index in [1.54, 1.807) is 11.8 Å². The average Bonchev–Trinajstić information content (AvgIpc) is 2.49. The second kappa shape index (κ2) is 6.15. The van der Waals surface area contributed by atoms with Crippen LogP contribution in [0.3, 0.4) is 0 Å². The van der Waals surface area contributed by atoms with Gasteiger partial charge in [0.2, 0.25) is 0 Å². The number of nitrogens with zero attached hydrogens (tertiary/aromatic N) is 1. The Bertz CT molecular complexity index is 668. The molecular formula is C17H24N2O3S. The minimum absolute atomic E-state index is 0.0588. The van der Waals surface area contributed by atoms with Gasteiger partial charge in [-0.2, -0.15) is 0 Å². The zero-order valence-electron chi connectivity index (χ0n) is 13.6. The summed E-state index contributed by atoms with van der Waals surface area (Å²) in [6.45, 7) is 3.79. The molecule has 23 heavy (non-hydrogen) atoms. The molecule has 0 radical (unpaired) electrons. The maximum absolute atomic E-state index is 12.4. The van der Waals surface area contributed by atoms with Crippen LogP contribution in [0.2, 0.25) is 0 Å². The fourth-order valence-corrected chi connectivity index (χ4v) is 5.02. The third-order valence-electron chi connectivity index (χ3n) is 5.35. The SMILES string of the molecule is C[C@@H]1[C@@H](C)S(=O)(=O)CCN1C(=O)NC1CC(c2ccccc2)C1. The summed E-state index contributed by atoms with van der Waals surface area (Å²) in [4.78, 5) is 14.1. The van der Waals surface area contributed by atoms with Crippen molar-refractivity contribution < 1.29 is 13.2 Å². The van der Waals surface area contributed by atoms with Crippen molar-refractivity contribution in [2.45, 2.75) is 49.9 Å². The first-order chi connectivity index (χ1) is 10.9. The van der Waals surface area contributed by atoms with Gasteiger partial charge in [-0.1, -0.05) is 30.3 Å². The molecule has 0 aromatic heterocycles. The highest BCUT2D eigenvalue weighted by Gasteiger charge is 2.39. The maximum Gasteiger partial charge on any atom is 0.317 e. The molecule has 1 saturated heterocycles. The molecule has 3 rings (SSSR count). The number of carbonyl (C=O) groups is 1. The van der Waals surface area contributed by atoms with E-state index in [9.17, 15) is 13.2 Å². The predicted molar refractivity (Wildman–Crippen MR) is 90.2 cm³/mol. The van der Waals surface area contributed by atoms with E-state index in [4.69, 9.17) is 0 Å². The van der Waals surface area contributed by atoms with Crippen LogP contribution in [-0.2, 0) is 9.84 Å². The Kier molecular flexibility index (Phi) is 4.36. The summed E-state index contributed by atoms with van der Waals surface area (Å²) in [5.74, 6) is 0.572. The molecule has 5 nitrogen and oxygen atoms in total. The average molecular weight is 336 g/mol. The van der Waals surface area contributed by atoms with Crippen LogP contribution in [0.4, 0.5) is 4.79 Å². The van der Waals surface area contributed by atoms with Crippen molar-refractivity contribution in [2.75, 3.05) is 12.3 Å². The van der Waals surface area contributed by atoms with Gasteiger partial charge < -0.3 is 10.2 Å². The Morgan fingerprint density at radius 1 is 1.17 bits per heavy atom. The quantitative estimate of drug-likeness (QED) is 0.900. The normalized spacial score (nSPS) is 32.9. The van der Waals surface area contributed by atoms with Gasteiger partial charge in [-0.15, -0.1) is 0 Å². The van der Waals surface area contributed by atoms with Crippen LogP contribution in [0, 0.1) is 0 Å². The summed E-state index contributed by atoms with van der Waals surface area (Å²) in [6, 6.07) is 10.1. The second-order valence-corrected chi connectivity index (χ2v) is 9.21. The van der Waals surface area contributed by atoms with E-state index < -0.39 is 15.1 Å². The molecule has 1 aliphatic carbocycles. The highest BCUT2D eigenvalue weighted by atomic mass is 32.2. The molecule has 2 atom stereocenters. The topological polar surface area (TPSA) is 66.5 Å². The Morgan fingerprint density at radius 2 is 1.83 bits per heavy atom. The molecule has 1 aromatic carbocycles. The summed E-state index contributed by atoms with van der Waals surface area (Å²) in [5, 5.41) is 2.56. The lowest BCUT2D eigenvalue weighted by Crippen LogP contribution is -2.59. The lowest BCUT2D eigenvalue weighted by Gasteiger charge is -2.41. The summed E-state index contributed by atoms with van der Waals surface area (Å²) in [5.41, 5.74) is 1.32. The van der Waals surface area contributed by atoms with E-state index in [0.717, 1.165) is 12.8 Å². The van der Waals surface area contributed by atoms with Gasteiger partial charge in [-0.25, -0.2) is 13.2 Å². The Morgan fingerprint density at radius 3 is 2.48 bits per heavy atom. The summed E-state index contributed by atoms with van der Waals surface area (Å²) < 4.78 is 23.8. The van der Waals surface area contributed by atoms with E-state index in [2.05, 4.69) is 17.4 Å². The van der Waals surface area contributed by atoms with Gasteiger partial charge >= 0.3 is 6.03 Å². The van der Waals surface area contributed by atoms with Gasteiger partial charge in [0, 0.05) is 18.6 Å². The Balaban J connectivity index is 1.53.